The molecule has 0 saturated heterocycles. The second-order valence-corrected chi connectivity index (χ2v) is 7.87. The van der Waals surface area contributed by atoms with E-state index < -0.39 is 10.8 Å². The zero-order valence-corrected chi connectivity index (χ0v) is 16.2. The lowest BCUT2D eigenvalue weighted by molar-refractivity contribution is -0.661. The van der Waals surface area contributed by atoms with Crippen molar-refractivity contribution in [1.82, 2.24) is 0 Å². The third kappa shape index (κ3) is 3.42. The van der Waals surface area contributed by atoms with Crippen molar-refractivity contribution in [3.05, 3.63) is 52.7 Å². The molecule has 0 amide bonds. The van der Waals surface area contributed by atoms with Crippen molar-refractivity contribution in [2.24, 2.45) is 7.05 Å². The van der Waals surface area contributed by atoms with Gasteiger partial charge in [0.05, 0.1) is 23.0 Å². The number of nitrogens with zero attached hydrogens (tertiary/aromatic N) is 3. The Kier molecular flexibility index (Phi) is 4.74. The van der Waals surface area contributed by atoms with E-state index in [1.807, 2.05) is 40.8 Å². The second-order valence-electron chi connectivity index (χ2n) is 7.87. The molecule has 0 aliphatic carbocycles. The van der Waals surface area contributed by atoms with Gasteiger partial charge < -0.3 is 0 Å². The summed E-state index contributed by atoms with van der Waals surface area (Å²) in [5.74, 6) is 0. The van der Waals surface area contributed by atoms with Gasteiger partial charge in [0, 0.05) is 17.2 Å². The molecule has 0 aliphatic rings. The maximum absolute atomic E-state index is 9.44. The number of nitriles is 2. The molecule has 0 saturated carbocycles. The molecule has 1 heterocycles. The lowest BCUT2D eigenvalue weighted by Gasteiger charge is -2.19. The molecule has 2 aromatic rings. The summed E-state index contributed by atoms with van der Waals surface area (Å²) >= 11 is 0. The zero-order valence-electron chi connectivity index (χ0n) is 16.2. The molecular weight excluding hydrogens is 306 g/mol. The molecule has 0 N–H and O–H groups in total. The predicted octanol–water partition coefficient (Wildman–Crippen LogP) is 4.40. The normalized spacial score (nSPS) is 11.7. The highest BCUT2D eigenvalue weighted by Crippen LogP contribution is 2.30. The molecule has 0 unspecified atom stereocenters. The summed E-state index contributed by atoms with van der Waals surface area (Å²) in [5.41, 5.74) is 5.55. The maximum Gasteiger partial charge on any atom is 0.212 e. The van der Waals surface area contributed by atoms with Gasteiger partial charge in [-0.3, -0.25) is 0 Å². The average molecular weight is 332 g/mol. The third-order valence-electron chi connectivity index (χ3n) is 4.94. The Morgan fingerprint density at radius 1 is 0.880 bits per heavy atom. The van der Waals surface area contributed by atoms with Gasteiger partial charge in [-0.05, 0) is 64.3 Å². The fourth-order valence-electron chi connectivity index (χ4n) is 3.14. The van der Waals surface area contributed by atoms with E-state index in [4.69, 9.17) is 0 Å². The van der Waals surface area contributed by atoms with Gasteiger partial charge in [0.2, 0.25) is 5.69 Å². The minimum Gasteiger partial charge on any atom is -0.201 e. The number of hydrogen-bond acceptors (Lipinski definition) is 2. The Bertz CT molecular complexity index is 906. The lowest BCUT2D eigenvalue weighted by Crippen LogP contribution is -2.34. The minimum atomic E-state index is -0.518. The first-order valence-electron chi connectivity index (χ1n) is 8.48. The fourth-order valence-corrected chi connectivity index (χ4v) is 3.14. The van der Waals surface area contributed by atoms with Crippen molar-refractivity contribution < 1.29 is 4.57 Å². The van der Waals surface area contributed by atoms with E-state index in [1.165, 1.54) is 0 Å². The van der Waals surface area contributed by atoms with Crippen LogP contribution in [0.1, 0.15) is 49.9 Å². The Labute approximate surface area is 151 Å². The number of aromatic nitrogens is 1. The molecule has 0 aliphatic heterocycles. The first-order chi connectivity index (χ1) is 11.5. The van der Waals surface area contributed by atoms with Gasteiger partial charge in [-0.25, -0.2) is 4.57 Å². The molecule has 0 radical (unpaired) electrons. The molecular formula is C22H26N3+. The van der Waals surface area contributed by atoms with Gasteiger partial charge >= 0.3 is 0 Å². The van der Waals surface area contributed by atoms with Crippen molar-refractivity contribution in [2.45, 2.75) is 52.4 Å². The van der Waals surface area contributed by atoms with Crippen LogP contribution in [-0.4, -0.2) is 0 Å². The van der Waals surface area contributed by atoms with Crippen LogP contribution >= 0.6 is 0 Å². The van der Waals surface area contributed by atoms with Crippen LogP contribution in [0.4, 0.5) is 0 Å². The summed E-state index contributed by atoms with van der Waals surface area (Å²) < 4.78 is 2.08. The van der Waals surface area contributed by atoms with E-state index in [-0.39, 0.29) is 0 Å². The molecule has 0 atom stereocenters. The van der Waals surface area contributed by atoms with Crippen molar-refractivity contribution >= 4 is 0 Å². The van der Waals surface area contributed by atoms with Crippen LogP contribution in [0.5, 0.6) is 0 Å². The van der Waals surface area contributed by atoms with Crippen LogP contribution in [0.3, 0.4) is 0 Å². The summed E-state index contributed by atoms with van der Waals surface area (Å²) in [7, 11) is 2.01. The molecule has 0 spiro atoms. The van der Waals surface area contributed by atoms with Gasteiger partial charge in [0.1, 0.15) is 7.05 Å². The number of benzene rings is 1. The number of pyridine rings is 1. The third-order valence-corrected chi connectivity index (χ3v) is 4.94. The molecule has 3 heteroatoms. The Hall–Kier alpha value is -2.65. The topological polar surface area (TPSA) is 51.5 Å². The molecule has 1 aromatic carbocycles. The Balaban J connectivity index is 2.60. The quantitative estimate of drug-likeness (QED) is 0.782. The van der Waals surface area contributed by atoms with Crippen LogP contribution in [0.15, 0.2) is 30.5 Å². The first-order valence-corrected chi connectivity index (χ1v) is 8.48. The summed E-state index contributed by atoms with van der Waals surface area (Å²) in [5, 5.41) is 18.8. The van der Waals surface area contributed by atoms with Gasteiger partial charge in [-0.15, -0.1) is 0 Å². The Morgan fingerprint density at radius 2 is 1.48 bits per heavy atom. The Morgan fingerprint density at radius 3 is 2.00 bits per heavy atom. The van der Waals surface area contributed by atoms with Crippen molar-refractivity contribution in [3.63, 3.8) is 0 Å². The maximum atomic E-state index is 9.44. The molecule has 128 valence electrons. The first kappa shape index (κ1) is 18.7. The van der Waals surface area contributed by atoms with E-state index in [1.54, 1.807) is 0 Å². The van der Waals surface area contributed by atoms with Gasteiger partial charge in [-0.2, -0.15) is 10.5 Å². The van der Waals surface area contributed by atoms with Crippen LogP contribution in [0.25, 0.3) is 11.3 Å². The van der Waals surface area contributed by atoms with Crippen LogP contribution in [0.2, 0.25) is 0 Å². The van der Waals surface area contributed by atoms with Gasteiger partial charge in [-0.1, -0.05) is 12.1 Å². The average Bonchev–Trinajstić information content (AvgIpc) is 2.56. The smallest absolute Gasteiger partial charge is 0.201 e. The highest BCUT2D eigenvalue weighted by molar-refractivity contribution is 5.63. The summed E-state index contributed by atoms with van der Waals surface area (Å²) in [6, 6.07) is 13.1. The predicted molar refractivity (Wildman–Crippen MR) is 99.8 cm³/mol. The standard InChI is InChI=1S/C22H26N3/c1-15-10-17(21(3,4)13-23)8-9-18(15)20-11-16(2)19(12-25(20)7)22(5,6)14-24/h8-12H,1-7H3/q+1. The molecule has 3 nitrogen and oxygen atoms in total. The highest BCUT2D eigenvalue weighted by atomic mass is 14.9. The van der Waals surface area contributed by atoms with Crippen molar-refractivity contribution in [2.75, 3.05) is 0 Å². The van der Waals surface area contributed by atoms with E-state index in [9.17, 15) is 10.5 Å². The van der Waals surface area contributed by atoms with E-state index in [2.05, 4.69) is 54.9 Å². The SMILES string of the molecule is Cc1cc(C(C)(C)C#N)ccc1-c1cc(C)c(C(C)(C)C#N)c[n+]1C. The number of rotatable bonds is 3. The number of hydrogen-bond donors (Lipinski definition) is 0. The molecule has 25 heavy (non-hydrogen) atoms. The van der Waals surface area contributed by atoms with E-state index in [0.29, 0.717) is 0 Å². The monoisotopic (exact) mass is 332 g/mol. The lowest BCUT2D eigenvalue weighted by atomic mass is 9.83. The van der Waals surface area contributed by atoms with Crippen molar-refractivity contribution in [3.8, 4) is 23.4 Å². The van der Waals surface area contributed by atoms with Gasteiger partial charge in [0.25, 0.3) is 0 Å². The molecule has 0 fully saturated rings. The summed E-state index contributed by atoms with van der Waals surface area (Å²) in [6.07, 6.45) is 2.06. The summed E-state index contributed by atoms with van der Waals surface area (Å²) in [6.45, 7) is 11.9. The van der Waals surface area contributed by atoms with Crippen LogP contribution < -0.4 is 4.57 Å². The number of aryl methyl sites for hydroxylation is 3. The molecule has 0 bridgehead atoms. The summed E-state index contributed by atoms with van der Waals surface area (Å²) in [4.78, 5) is 0. The zero-order chi connectivity index (χ0) is 19.0. The largest absolute Gasteiger partial charge is 0.212 e. The second kappa shape index (κ2) is 6.34. The van der Waals surface area contributed by atoms with Gasteiger partial charge in [0.15, 0.2) is 6.20 Å². The fraction of sp³-hybridized carbons (Fsp3) is 0.409. The van der Waals surface area contributed by atoms with Crippen LogP contribution in [0, 0.1) is 36.5 Å². The highest BCUT2D eigenvalue weighted by Gasteiger charge is 2.27. The molecule has 1 aromatic heterocycles. The van der Waals surface area contributed by atoms with E-state index in [0.717, 1.165) is 33.5 Å². The molecule has 2 rings (SSSR count). The van der Waals surface area contributed by atoms with Crippen LogP contribution in [-0.2, 0) is 17.9 Å². The van der Waals surface area contributed by atoms with Crippen molar-refractivity contribution in [1.29, 1.82) is 10.5 Å². The van der Waals surface area contributed by atoms with E-state index >= 15 is 0 Å². The minimum absolute atomic E-state index is 0.498.